The number of carboxylic acids is 1. The third kappa shape index (κ3) is 3.54. The van der Waals surface area contributed by atoms with E-state index in [0.29, 0.717) is 11.4 Å². The minimum absolute atomic E-state index is 0.465. The average Bonchev–Trinajstić information content (AvgIpc) is 2.42. The van der Waals surface area contributed by atoms with Crippen molar-refractivity contribution in [3.63, 3.8) is 0 Å². The lowest BCUT2D eigenvalue weighted by Crippen LogP contribution is -2.14. The van der Waals surface area contributed by atoms with Crippen LogP contribution in [-0.2, 0) is 4.79 Å². The van der Waals surface area contributed by atoms with Gasteiger partial charge < -0.3 is 10.8 Å². The zero-order chi connectivity index (χ0) is 14.5. The van der Waals surface area contributed by atoms with Gasteiger partial charge >= 0.3 is 5.97 Å². The van der Waals surface area contributed by atoms with E-state index in [9.17, 15) is 9.90 Å². The lowest BCUT2D eigenvalue weighted by Gasteiger charge is -2.13. The lowest BCUT2D eigenvalue weighted by molar-refractivity contribution is -0.138. The van der Waals surface area contributed by atoms with E-state index < -0.39 is 11.9 Å². The van der Waals surface area contributed by atoms with E-state index in [2.05, 4.69) is 0 Å². The van der Waals surface area contributed by atoms with Gasteiger partial charge in [-0.2, -0.15) is 0 Å². The number of nitrogen functional groups attached to an aromatic ring is 1. The van der Waals surface area contributed by atoms with Crippen LogP contribution in [0.3, 0.4) is 0 Å². The van der Waals surface area contributed by atoms with Crippen molar-refractivity contribution < 1.29 is 9.90 Å². The van der Waals surface area contributed by atoms with Crippen LogP contribution in [0.25, 0.3) is 0 Å². The van der Waals surface area contributed by atoms with E-state index in [-0.39, 0.29) is 0 Å². The van der Waals surface area contributed by atoms with Gasteiger partial charge in [0, 0.05) is 16.3 Å². The lowest BCUT2D eigenvalue weighted by atomic mass is 10.0. The first kappa shape index (κ1) is 14.5. The zero-order valence-corrected chi connectivity index (χ0v) is 12.1. The zero-order valence-electron chi connectivity index (χ0n) is 11.2. The average molecular weight is 287 g/mol. The normalized spacial score (nSPS) is 12.1. The molecule has 1 atom stereocenters. The van der Waals surface area contributed by atoms with Gasteiger partial charge in [-0.25, -0.2) is 0 Å². The number of carbonyl (C=O) groups is 1. The number of benzene rings is 2. The van der Waals surface area contributed by atoms with Crippen LogP contribution in [0.4, 0.5) is 5.69 Å². The number of thioether (sulfide) groups is 1. The molecule has 3 N–H and O–H groups in total. The molecule has 2 aromatic carbocycles. The highest BCUT2D eigenvalue weighted by molar-refractivity contribution is 7.99. The Morgan fingerprint density at radius 2 is 1.95 bits per heavy atom. The second kappa shape index (κ2) is 6.48. The van der Waals surface area contributed by atoms with Gasteiger partial charge in [0.2, 0.25) is 0 Å². The van der Waals surface area contributed by atoms with E-state index in [0.717, 1.165) is 16.0 Å². The first-order valence-electron chi connectivity index (χ1n) is 6.34. The Morgan fingerprint density at radius 1 is 1.25 bits per heavy atom. The number of aliphatic carboxylic acids is 1. The van der Waals surface area contributed by atoms with Gasteiger partial charge in [-0.15, -0.1) is 11.8 Å². The first-order chi connectivity index (χ1) is 9.58. The van der Waals surface area contributed by atoms with Gasteiger partial charge in [0.15, 0.2) is 0 Å². The third-order valence-corrected chi connectivity index (χ3v) is 4.25. The van der Waals surface area contributed by atoms with Gasteiger partial charge in [0.05, 0.1) is 5.92 Å². The molecule has 0 saturated carbocycles. The van der Waals surface area contributed by atoms with Crippen molar-refractivity contribution in [2.75, 3.05) is 11.5 Å². The molecule has 0 bridgehead atoms. The number of rotatable bonds is 5. The van der Waals surface area contributed by atoms with Crippen LogP contribution in [-0.4, -0.2) is 16.8 Å². The number of carboxylic acid groups (broad SMARTS) is 1. The smallest absolute Gasteiger partial charge is 0.311 e. The molecular weight excluding hydrogens is 270 g/mol. The molecule has 2 aromatic rings. The molecule has 4 heteroatoms. The Bertz CT molecular complexity index is 599. The van der Waals surface area contributed by atoms with Crippen molar-refractivity contribution in [3.05, 3.63) is 59.7 Å². The van der Waals surface area contributed by atoms with Crippen molar-refractivity contribution in [2.24, 2.45) is 0 Å². The molecule has 0 heterocycles. The second-order valence-corrected chi connectivity index (χ2v) is 5.72. The molecule has 0 amide bonds. The number of anilines is 1. The predicted octanol–water partition coefficient (Wildman–Crippen LogP) is 3.54. The van der Waals surface area contributed by atoms with Crippen LogP contribution in [0, 0.1) is 6.92 Å². The predicted molar refractivity (Wildman–Crippen MR) is 83.1 cm³/mol. The molecule has 0 aliphatic carbocycles. The summed E-state index contributed by atoms with van der Waals surface area (Å²) >= 11 is 1.48. The standard InChI is InChI=1S/C16H17NO2S/c1-11-7-8-15(14(17)9-11)20-10-13(16(18)19)12-5-3-2-4-6-12/h2-9,13H,10,17H2,1H3,(H,18,19). The molecule has 0 radical (unpaired) electrons. The Hall–Kier alpha value is -1.94. The Kier molecular flexibility index (Phi) is 4.69. The largest absolute Gasteiger partial charge is 0.481 e. The summed E-state index contributed by atoms with van der Waals surface area (Å²) < 4.78 is 0. The summed E-state index contributed by atoms with van der Waals surface area (Å²) in [5.74, 6) is -0.872. The van der Waals surface area contributed by atoms with E-state index in [4.69, 9.17) is 5.73 Å². The Balaban J connectivity index is 2.12. The van der Waals surface area contributed by atoms with E-state index >= 15 is 0 Å². The van der Waals surface area contributed by atoms with Gasteiger partial charge in [-0.3, -0.25) is 4.79 Å². The SMILES string of the molecule is Cc1ccc(SCC(C(=O)O)c2ccccc2)c(N)c1. The number of hydrogen-bond acceptors (Lipinski definition) is 3. The Labute approximate surface area is 122 Å². The summed E-state index contributed by atoms with van der Waals surface area (Å²) in [6.07, 6.45) is 0. The highest BCUT2D eigenvalue weighted by Gasteiger charge is 2.20. The summed E-state index contributed by atoms with van der Waals surface area (Å²) in [6, 6.07) is 15.1. The molecule has 0 aliphatic heterocycles. The molecule has 2 rings (SSSR count). The molecular formula is C16H17NO2S. The van der Waals surface area contributed by atoms with Crippen LogP contribution < -0.4 is 5.73 Å². The van der Waals surface area contributed by atoms with Crippen LogP contribution in [0.1, 0.15) is 17.0 Å². The summed E-state index contributed by atoms with van der Waals surface area (Å²) in [5.41, 5.74) is 8.57. The molecule has 104 valence electrons. The monoisotopic (exact) mass is 287 g/mol. The molecule has 0 saturated heterocycles. The summed E-state index contributed by atoms with van der Waals surface area (Å²) in [6.45, 7) is 1.98. The summed E-state index contributed by atoms with van der Waals surface area (Å²) in [5, 5.41) is 9.37. The van der Waals surface area contributed by atoms with Gasteiger partial charge in [0.1, 0.15) is 0 Å². The first-order valence-corrected chi connectivity index (χ1v) is 7.33. The van der Waals surface area contributed by atoms with E-state index in [1.165, 1.54) is 11.8 Å². The van der Waals surface area contributed by atoms with Crippen LogP contribution in [0.2, 0.25) is 0 Å². The number of nitrogens with two attached hydrogens (primary N) is 1. The van der Waals surface area contributed by atoms with E-state index in [1.54, 1.807) is 0 Å². The summed E-state index contributed by atoms with van der Waals surface area (Å²) in [4.78, 5) is 12.3. The fourth-order valence-electron chi connectivity index (χ4n) is 1.97. The topological polar surface area (TPSA) is 63.3 Å². The second-order valence-electron chi connectivity index (χ2n) is 4.65. The van der Waals surface area contributed by atoms with Crippen molar-refractivity contribution in [1.29, 1.82) is 0 Å². The third-order valence-electron chi connectivity index (χ3n) is 3.07. The molecule has 3 nitrogen and oxygen atoms in total. The molecule has 0 spiro atoms. The molecule has 1 unspecified atom stereocenters. The van der Waals surface area contributed by atoms with Gasteiger partial charge in [0.25, 0.3) is 0 Å². The minimum Gasteiger partial charge on any atom is -0.481 e. The molecule has 0 aliphatic rings. The number of hydrogen-bond donors (Lipinski definition) is 2. The molecule has 0 fully saturated rings. The van der Waals surface area contributed by atoms with Gasteiger partial charge in [-0.05, 0) is 30.2 Å². The highest BCUT2D eigenvalue weighted by atomic mass is 32.2. The van der Waals surface area contributed by atoms with E-state index in [1.807, 2.05) is 55.5 Å². The van der Waals surface area contributed by atoms with Crippen molar-refractivity contribution in [1.82, 2.24) is 0 Å². The van der Waals surface area contributed by atoms with Crippen LogP contribution in [0.5, 0.6) is 0 Å². The summed E-state index contributed by atoms with van der Waals surface area (Å²) in [7, 11) is 0. The fraction of sp³-hybridized carbons (Fsp3) is 0.188. The van der Waals surface area contributed by atoms with Crippen LogP contribution in [0.15, 0.2) is 53.4 Å². The molecule has 20 heavy (non-hydrogen) atoms. The minimum atomic E-state index is -0.811. The Morgan fingerprint density at radius 3 is 2.55 bits per heavy atom. The number of aryl methyl sites for hydroxylation is 1. The maximum Gasteiger partial charge on any atom is 0.311 e. The van der Waals surface area contributed by atoms with Crippen LogP contribution >= 0.6 is 11.8 Å². The highest BCUT2D eigenvalue weighted by Crippen LogP contribution is 2.30. The van der Waals surface area contributed by atoms with Crippen molar-refractivity contribution in [3.8, 4) is 0 Å². The molecule has 0 aromatic heterocycles. The maximum atomic E-state index is 11.4. The quantitative estimate of drug-likeness (QED) is 0.652. The van der Waals surface area contributed by atoms with Gasteiger partial charge in [-0.1, -0.05) is 36.4 Å². The van der Waals surface area contributed by atoms with Crippen molar-refractivity contribution in [2.45, 2.75) is 17.7 Å². The maximum absolute atomic E-state index is 11.4. The van der Waals surface area contributed by atoms with Crippen molar-refractivity contribution >= 4 is 23.4 Å². The fourth-order valence-corrected chi connectivity index (χ4v) is 3.04.